The number of esters is 3. The maximum atomic E-state index is 12.8. The van der Waals surface area contributed by atoms with Crippen molar-refractivity contribution >= 4 is 17.9 Å². The Hall–Kier alpha value is -2.37. The predicted molar refractivity (Wildman–Crippen MR) is 261 cm³/mol. The molecule has 6 nitrogen and oxygen atoms in total. The number of carbonyl (C=O) groups excluding carboxylic acids is 3. The van der Waals surface area contributed by atoms with Crippen LogP contribution in [0, 0.1) is 0 Å². The molecule has 0 aromatic rings. The zero-order chi connectivity index (χ0) is 44.4. The highest BCUT2D eigenvalue weighted by Gasteiger charge is 2.19. The van der Waals surface area contributed by atoms with Gasteiger partial charge in [-0.3, -0.25) is 14.4 Å². The van der Waals surface area contributed by atoms with E-state index in [1.807, 2.05) is 0 Å². The van der Waals surface area contributed by atoms with E-state index in [4.69, 9.17) is 14.2 Å². The first kappa shape index (κ1) is 58.6. The molecule has 1 atom stereocenters. The van der Waals surface area contributed by atoms with Gasteiger partial charge in [0.25, 0.3) is 0 Å². The fourth-order valence-corrected chi connectivity index (χ4v) is 7.68. The van der Waals surface area contributed by atoms with Gasteiger partial charge in [0, 0.05) is 19.3 Å². The molecule has 6 heteroatoms. The van der Waals surface area contributed by atoms with Crippen molar-refractivity contribution in [1.29, 1.82) is 0 Å². The highest BCUT2D eigenvalue weighted by Crippen LogP contribution is 2.16. The van der Waals surface area contributed by atoms with Crippen LogP contribution in [0.25, 0.3) is 0 Å². The minimum Gasteiger partial charge on any atom is -0.462 e. The molecule has 0 rings (SSSR count). The van der Waals surface area contributed by atoms with Gasteiger partial charge in [-0.05, 0) is 44.9 Å². The molecule has 0 fully saturated rings. The SMILES string of the molecule is CCCCCCC\C=C/C=C\C=C/CCCCCCCC(=O)OCC(COC(=O)CCCCCCCCCCC)OC(=O)CCCCCCCCCCCCCCCCCC. The molecule has 0 saturated carbocycles. The lowest BCUT2D eigenvalue weighted by Gasteiger charge is -2.18. The van der Waals surface area contributed by atoms with Crippen molar-refractivity contribution in [2.24, 2.45) is 0 Å². The third-order valence-electron chi connectivity index (χ3n) is 11.7. The Labute approximate surface area is 378 Å². The summed E-state index contributed by atoms with van der Waals surface area (Å²) in [6.07, 6.45) is 58.4. The molecule has 0 aromatic carbocycles. The molecule has 61 heavy (non-hydrogen) atoms. The lowest BCUT2D eigenvalue weighted by Crippen LogP contribution is -2.30. The number of hydrogen-bond acceptors (Lipinski definition) is 6. The van der Waals surface area contributed by atoms with E-state index in [2.05, 4.69) is 57.2 Å². The molecule has 0 amide bonds. The Morgan fingerprint density at radius 2 is 0.590 bits per heavy atom. The third kappa shape index (κ3) is 48.5. The normalized spacial score (nSPS) is 12.2. The van der Waals surface area contributed by atoms with Crippen LogP contribution in [0.1, 0.15) is 278 Å². The first-order valence-electron chi connectivity index (χ1n) is 26.5. The zero-order valence-corrected chi connectivity index (χ0v) is 40.7. The van der Waals surface area contributed by atoms with Gasteiger partial charge in [0.1, 0.15) is 13.2 Å². The van der Waals surface area contributed by atoms with Crippen LogP contribution in [0.15, 0.2) is 36.5 Å². The molecule has 0 bridgehead atoms. The van der Waals surface area contributed by atoms with E-state index in [0.29, 0.717) is 19.3 Å². The van der Waals surface area contributed by atoms with Crippen molar-refractivity contribution in [3.63, 3.8) is 0 Å². The summed E-state index contributed by atoms with van der Waals surface area (Å²) < 4.78 is 16.8. The van der Waals surface area contributed by atoms with Crippen LogP contribution in [0.5, 0.6) is 0 Å². The van der Waals surface area contributed by atoms with Crippen LogP contribution in [0.2, 0.25) is 0 Å². The van der Waals surface area contributed by atoms with Crippen molar-refractivity contribution in [3.05, 3.63) is 36.5 Å². The largest absolute Gasteiger partial charge is 0.462 e. The van der Waals surface area contributed by atoms with Crippen molar-refractivity contribution in [1.82, 2.24) is 0 Å². The molecule has 356 valence electrons. The minimum atomic E-state index is -0.774. The highest BCUT2D eigenvalue weighted by atomic mass is 16.6. The van der Waals surface area contributed by atoms with Crippen LogP contribution in [-0.2, 0) is 28.6 Å². The number of allylic oxidation sites excluding steroid dienone is 6. The molecular formula is C55H100O6. The first-order valence-corrected chi connectivity index (χ1v) is 26.5. The van der Waals surface area contributed by atoms with Gasteiger partial charge in [-0.15, -0.1) is 0 Å². The fraction of sp³-hybridized carbons (Fsp3) is 0.836. The van der Waals surface area contributed by atoms with Crippen LogP contribution >= 0.6 is 0 Å². The fourth-order valence-electron chi connectivity index (χ4n) is 7.68. The average molecular weight is 857 g/mol. The number of hydrogen-bond donors (Lipinski definition) is 0. The first-order chi connectivity index (χ1) is 30.0. The molecule has 0 aliphatic rings. The van der Waals surface area contributed by atoms with Gasteiger partial charge in [-0.2, -0.15) is 0 Å². The van der Waals surface area contributed by atoms with Gasteiger partial charge in [-0.25, -0.2) is 0 Å². The van der Waals surface area contributed by atoms with E-state index in [0.717, 1.165) is 77.0 Å². The predicted octanol–water partition coefficient (Wildman–Crippen LogP) is 17.3. The molecule has 0 aromatic heterocycles. The maximum Gasteiger partial charge on any atom is 0.306 e. The maximum absolute atomic E-state index is 12.8. The lowest BCUT2D eigenvalue weighted by molar-refractivity contribution is -0.167. The summed E-state index contributed by atoms with van der Waals surface area (Å²) in [7, 11) is 0. The molecule has 0 aliphatic heterocycles. The Morgan fingerprint density at radius 3 is 0.902 bits per heavy atom. The van der Waals surface area contributed by atoms with E-state index in [1.165, 1.54) is 161 Å². The second-order valence-electron chi connectivity index (χ2n) is 17.9. The Bertz CT molecular complexity index is 1030. The molecular weight excluding hydrogens is 757 g/mol. The van der Waals surface area contributed by atoms with Gasteiger partial charge in [-0.1, -0.05) is 250 Å². The van der Waals surface area contributed by atoms with Gasteiger partial charge in [0.15, 0.2) is 6.10 Å². The van der Waals surface area contributed by atoms with Crippen molar-refractivity contribution in [3.8, 4) is 0 Å². The van der Waals surface area contributed by atoms with Crippen LogP contribution in [0.4, 0.5) is 0 Å². The minimum absolute atomic E-state index is 0.0750. The number of unbranched alkanes of at least 4 members (excludes halogenated alkanes) is 33. The zero-order valence-electron chi connectivity index (χ0n) is 40.7. The monoisotopic (exact) mass is 857 g/mol. The van der Waals surface area contributed by atoms with E-state index in [-0.39, 0.29) is 31.1 Å². The molecule has 0 aliphatic carbocycles. The number of ether oxygens (including phenoxy) is 3. The Morgan fingerprint density at radius 1 is 0.328 bits per heavy atom. The van der Waals surface area contributed by atoms with Crippen molar-refractivity contribution in [2.75, 3.05) is 13.2 Å². The van der Waals surface area contributed by atoms with Gasteiger partial charge < -0.3 is 14.2 Å². The topological polar surface area (TPSA) is 78.9 Å². The van der Waals surface area contributed by atoms with E-state index >= 15 is 0 Å². The van der Waals surface area contributed by atoms with E-state index in [9.17, 15) is 14.4 Å². The summed E-state index contributed by atoms with van der Waals surface area (Å²) in [6.45, 7) is 6.61. The summed E-state index contributed by atoms with van der Waals surface area (Å²) in [5.74, 6) is -0.885. The summed E-state index contributed by atoms with van der Waals surface area (Å²) >= 11 is 0. The highest BCUT2D eigenvalue weighted by molar-refractivity contribution is 5.71. The second-order valence-corrected chi connectivity index (χ2v) is 17.9. The van der Waals surface area contributed by atoms with Gasteiger partial charge >= 0.3 is 17.9 Å². The average Bonchev–Trinajstić information content (AvgIpc) is 3.26. The van der Waals surface area contributed by atoms with Crippen LogP contribution in [-0.4, -0.2) is 37.2 Å². The van der Waals surface area contributed by atoms with Gasteiger partial charge in [0.2, 0.25) is 0 Å². The molecule has 1 unspecified atom stereocenters. The van der Waals surface area contributed by atoms with Crippen LogP contribution < -0.4 is 0 Å². The van der Waals surface area contributed by atoms with Gasteiger partial charge in [0.05, 0.1) is 0 Å². The summed E-state index contributed by atoms with van der Waals surface area (Å²) in [5.41, 5.74) is 0. The second kappa shape index (κ2) is 50.3. The lowest BCUT2D eigenvalue weighted by atomic mass is 10.0. The third-order valence-corrected chi connectivity index (χ3v) is 11.7. The summed E-state index contributed by atoms with van der Waals surface area (Å²) in [4.78, 5) is 37.9. The Kier molecular flexibility index (Phi) is 48.3. The molecule has 0 N–H and O–H groups in total. The van der Waals surface area contributed by atoms with Crippen molar-refractivity contribution in [2.45, 2.75) is 284 Å². The molecule has 0 spiro atoms. The molecule has 0 heterocycles. The van der Waals surface area contributed by atoms with E-state index in [1.54, 1.807) is 0 Å². The van der Waals surface area contributed by atoms with E-state index < -0.39 is 6.10 Å². The van der Waals surface area contributed by atoms with Crippen molar-refractivity contribution < 1.29 is 28.6 Å². The smallest absolute Gasteiger partial charge is 0.306 e. The summed E-state index contributed by atoms with van der Waals surface area (Å²) in [5, 5.41) is 0. The number of carbonyl (C=O) groups is 3. The standard InChI is InChI=1S/C55H100O6/c1-4-7-10-13-16-19-21-23-25-27-28-30-31-33-36-39-42-45-48-54(57)60-51-52(50-59-53(56)47-44-41-38-35-18-15-12-9-6-3)61-55(58)49-46-43-40-37-34-32-29-26-24-22-20-17-14-11-8-5-2/h21,23,25,27-28,30,52H,4-20,22,24,26,29,31-51H2,1-3H3/b23-21-,27-25-,30-28-. The number of rotatable bonds is 48. The van der Waals surface area contributed by atoms with Crippen LogP contribution in [0.3, 0.4) is 0 Å². The quantitative estimate of drug-likeness (QED) is 0.0262. The molecule has 0 saturated heterocycles. The summed E-state index contributed by atoms with van der Waals surface area (Å²) in [6, 6.07) is 0. The molecule has 0 radical (unpaired) electrons. The Balaban J connectivity index is 4.33.